The number of carbonyl (C=O) groups excluding carboxylic acids is 2. The molecule has 1 amide bonds. The van der Waals surface area contributed by atoms with E-state index < -0.39 is 11.0 Å². The largest absolute Gasteiger partial charge is 0.466 e. The Morgan fingerprint density at radius 3 is 2.83 bits per heavy atom. The van der Waals surface area contributed by atoms with Crippen LogP contribution in [0.15, 0.2) is 17.3 Å². The molecule has 1 saturated carbocycles. The Morgan fingerprint density at radius 1 is 1.30 bits per heavy atom. The molecule has 0 bridgehead atoms. The number of esters is 1. The van der Waals surface area contributed by atoms with Gasteiger partial charge in [0, 0.05) is 38.4 Å². The summed E-state index contributed by atoms with van der Waals surface area (Å²) < 4.78 is 11.0. The molecule has 1 aromatic rings. The molecule has 1 aromatic heterocycles. The molecule has 4 rings (SSSR count). The van der Waals surface area contributed by atoms with Gasteiger partial charge in [0.05, 0.1) is 31.6 Å². The third-order valence-electron chi connectivity index (χ3n) is 6.96. The highest BCUT2D eigenvalue weighted by molar-refractivity contribution is 5.94. The van der Waals surface area contributed by atoms with Gasteiger partial charge in [-0.25, -0.2) is 4.98 Å². The first kappa shape index (κ1) is 21.0. The second-order valence-corrected chi connectivity index (χ2v) is 8.46. The second-order valence-electron chi connectivity index (χ2n) is 8.46. The van der Waals surface area contributed by atoms with Crippen LogP contribution in [0.4, 0.5) is 0 Å². The van der Waals surface area contributed by atoms with Crippen LogP contribution in [0.2, 0.25) is 0 Å². The number of aromatic amines is 1. The number of H-pyrrole nitrogens is 1. The predicted molar refractivity (Wildman–Crippen MR) is 108 cm³/mol. The van der Waals surface area contributed by atoms with Crippen molar-refractivity contribution in [2.45, 2.75) is 38.6 Å². The fourth-order valence-electron chi connectivity index (χ4n) is 5.36. The number of nitrogens with zero attached hydrogens (tertiary/aromatic N) is 3. The number of piperidine rings is 1. The number of morpholine rings is 1. The highest BCUT2D eigenvalue weighted by Gasteiger charge is 2.54. The van der Waals surface area contributed by atoms with Crippen LogP contribution in [0.25, 0.3) is 0 Å². The van der Waals surface area contributed by atoms with Gasteiger partial charge in [0.15, 0.2) is 0 Å². The molecule has 30 heavy (non-hydrogen) atoms. The molecule has 9 heteroatoms. The first-order chi connectivity index (χ1) is 14.5. The Balaban J connectivity index is 1.55. The van der Waals surface area contributed by atoms with E-state index in [9.17, 15) is 14.4 Å². The highest BCUT2D eigenvalue weighted by atomic mass is 16.5. The number of carbonyl (C=O) groups is 2. The Bertz CT molecular complexity index is 837. The van der Waals surface area contributed by atoms with Gasteiger partial charge in [-0.3, -0.25) is 19.3 Å². The zero-order valence-electron chi connectivity index (χ0n) is 17.5. The van der Waals surface area contributed by atoms with E-state index >= 15 is 0 Å². The molecule has 0 aromatic carbocycles. The number of aromatic nitrogens is 2. The van der Waals surface area contributed by atoms with Crippen LogP contribution in [-0.2, 0) is 14.3 Å². The molecule has 1 N–H and O–H groups in total. The van der Waals surface area contributed by atoms with Crippen molar-refractivity contribution in [3.8, 4) is 0 Å². The molecule has 164 valence electrons. The molecule has 0 radical (unpaired) electrons. The van der Waals surface area contributed by atoms with E-state index in [0.29, 0.717) is 32.2 Å². The lowest BCUT2D eigenvalue weighted by Crippen LogP contribution is -2.60. The van der Waals surface area contributed by atoms with Crippen LogP contribution in [0.1, 0.15) is 43.0 Å². The fraction of sp³-hybridized carbons (Fsp3) is 0.714. The quantitative estimate of drug-likeness (QED) is 0.717. The third kappa shape index (κ3) is 3.88. The topological polar surface area (TPSA) is 105 Å². The van der Waals surface area contributed by atoms with Gasteiger partial charge < -0.3 is 19.4 Å². The van der Waals surface area contributed by atoms with E-state index in [0.717, 1.165) is 45.6 Å². The number of likely N-dealkylation sites (tertiary alicyclic amines) is 1. The van der Waals surface area contributed by atoms with Gasteiger partial charge in [-0.15, -0.1) is 0 Å². The van der Waals surface area contributed by atoms with Crippen molar-refractivity contribution in [2.75, 3.05) is 46.0 Å². The molecule has 2 saturated heterocycles. The molecular weight excluding hydrogens is 388 g/mol. The number of fused-ring (bicyclic) bond motifs is 1. The standard InChI is InChI=1S/C21H30N4O5/c1-2-30-20(28)21-5-3-16(24-7-9-29-10-8-24)11-15(21)4-6-25(13-21)19(27)17-12-22-14-23-18(17)26/h12,14-16H,2-11,13H2,1H3,(H,22,23,26)/t15-,16-,21-/m1/s1. The minimum absolute atomic E-state index is 0.0111. The molecule has 9 nitrogen and oxygen atoms in total. The molecule has 3 atom stereocenters. The average molecular weight is 418 g/mol. The summed E-state index contributed by atoms with van der Waals surface area (Å²) in [6.07, 6.45) is 5.78. The SMILES string of the molecule is CCOC(=O)[C@@]12CC[C@@H](N3CCOCC3)C[C@H]1CCN(C(=O)c1cnc[nH]c1=O)C2. The van der Waals surface area contributed by atoms with Crippen molar-refractivity contribution in [3.63, 3.8) is 0 Å². The van der Waals surface area contributed by atoms with Gasteiger partial charge in [0.1, 0.15) is 5.56 Å². The predicted octanol–water partition coefficient (Wildman–Crippen LogP) is 0.666. The average Bonchev–Trinajstić information content (AvgIpc) is 2.79. The van der Waals surface area contributed by atoms with Crippen molar-refractivity contribution in [1.29, 1.82) is 0 Å². The number of ether oxygens (including phenoxy) is 2. The lowest BCUT2D eigenvalue weighted by Gasteiger charge is -2.52. The van der Waals surface area contributed by atoms with Crippen LogP contribution in [0.3, 0.4) is 0 Å². The van der Waals surface area contributed by atoms with Crippen LogP contribution < -0.4 is 5.56 Å². The Kier molecular flexibility index (Phi) is 6.19. The van der Waals surface area contributed by atoms with Crippen LogP contribution in [0, 0.1) is 11.3 Å². The lowest BCUT2D eigenvalue weighted by molar-refractivity contribution is -0.168. The van der Waals surface area contributed by atoms with Crippen molar-refractivity contribution < 1.29 is 19.1 Å². The molecule has 3 aliphatic rings. The molecule has 3 fully saturated rings. The van der Waals surface area contributed by atoms with Crippen molar-refractivity contribution in [3.05, 3.63) is 28.4 Å². The number of nitrogens with one attached hydrogen (secondary N) is 1. The van der Waals surface area contributed by atoms with Gasteiger partial charge >= 0.3 is 5.97 Å². The molecular formula is C21H30N4O5. The molecule has 1 aliphatic carbocycles. The van der Waals surface area contributed by atoms with E-state index in [-0.39, 0.29) is 23.4 Å². The van der Waals surface area contributed by atoms with Gasteiger partial charge in [0.2, 0.25) is 0 Å². The van der Waals surface area contributed by atoms with E-state index in [2.05, 4.69) is 14.9 Å². The Morgan fingerprint density at radius 2 is 2.10 bits per heavy atom. The summed E-state index contributed by atoms with van der Waals surface area (Å²) in [7, 11) is 0. The lowest BCUT2D eigenvalue weighted by atomic mass is 9.61. The van der Waals surface area contributed by atoms with E-state index in [1.165, 1.54) is 12.5 Å². The summed E-state index contributed by atoms with van der Waals surface area (Å²) in [4.78, 5) is 48.7. The van der Waals surface area contributed by atoms with Gasteiger partial charge in [-0.2, -0.15) is 0 Å². The normalized spacial score (nSPS) is 29.8. The summed E-state index contributed by atoms with van der Waals surface area (Å²) in [5, 5.41) is 0. The van der Waals surface area contributed by atoms with Crippen molar-refractivity contribution in [2.24, 2.45) is 11.3 Å². The number of hydrogen-bond acceptors (Lipinski definition) is 7. The monoisotopic (exact) mass is 418 g/mol. The van der Waals surface area contributed by atoms with Crippen molar-refractivity contribution in [1.82, 2.24) is 19.8 Å². The number of amides is 1. The fourth-order valence-corrected chi connectivity index (χ4v) is 5.36. The highest BCUT2D eigenvalue weighted by Crippen LogP contribution is 2.48. The van der Waals surface area contributed by atoms with E-state index in [4.69, 9.17) is 9.47 Å². The maximum absolute atomic E-state index is 13.1. The van der Waals surface area contributed by atoms with E-state index in [1.54, 1.807) is 4.90 Å². The maximum atomic E-state index is 13.1. The first-order valence-corrected chi connectivity index (χ1v) is 10.9. The summed E-state index contributed by atoms with van der Waals surface area (Å²) in [5.41, 5.74) is -1.16. The Labute approximate surface area is 175 Å². The minimum atomic E-state index is -0.707. The van der Waals surface area contributed by atoms with Gasteiger partial charge in [-0.05, 0) is 38.5 Å². The molecule has 3 heterocycles. The molecule has 0 spiro atoms. The van der Waals surface area contributed by atoms with Crippen LogP contribution in [-0.4, -0.2) is 83.7 Å². The smallest absolute Gasteiger partial charge is 0.314 e. The second kappa shape index (κ2) is 8.85. The molecule has 0 unspecified atom stereocenters. The van der Waals surface area contributed by atoms with Crippen LogP contribution in [0.5, 0.6) is 0 Å². The zero-order chi connectivity index (χ0) is 21.1. The summed E-state index contributed by atoms with van der Waals surface area (Å²) in [6.45, 7) is 6.31. The van der Waals surface area contributed by atoms with Crippen molar-refractivity contribution >= 4 is 11.9 Å². The van der Waals surface area contributed by atoms with Crippen LogP contribution >= 0.6 is 0 Å². The Hall–Kier alpha value is -2.26. The summed E-state index contributed by atoms with van der Waals surface area (Å²) in [6, 6.07) is 0.435. The minimum Gasteiger partial charge on any atom is -0.466 e. The third-order valence-corrected chi connectivity index (χ3v) is 6.96. The number of rotatable bonds is 4. The molecule has 2 aliphatic heterocycles. The first-order valence-electron chi connectivity index (χ1n) is 10.9. The van der Waals surface area contributed by atoms with E-state index in [1.807, 2.05) is 6.92 Å². The van der Waals surface area contributed by atoms with Gasteiger partial charge in [0.25, 0.3) is 11.5 Å². The summed E-state index contributed by atoms with van der Waals surface area (Å²) >= 11 is 0. The van der Waals surface area contributed by atoms with Gasteiger partial charge in [-0.1, -0.05) is 0 Å². The summed E-state index contributed by atoms with van der Waals surface area (Å²) in [5.74, 6) is -0.427. The maximum Gasteiger partial charge on any atom is 0.314 e. The number of hydrogen-bond donors (Lipinski definition) is 1. The zero-order valence-corrected chi connectivity index (χ0v) is 17.5.